The second-order valence-electron chi connectivity index (χ2n) is 8.20. The summed E-state index contributed by atoms with van der Waals surface area (Å²) >= 11 is 0. The van der Waals surface area contributed by atoms with Crippen LogP contribution in [-0.4, -0.2) is 0 Å². The lowest BCUT2D eigenvalue weighted by atomic mass is 9.74. The average molecular weight is 366 g/mol. The molecule has 2 aliphatic carbocycles. The van der Waals surface area contributed by atoms with E-state index in [4.69, 9.17) is 0 Å². The highest BCUT2D eigenvalue weighted by Crippen LogP contribution is 2.38. The maximum absolute atomic E-state index is 13.6. The van der Waals surface area contributed by atoms with E-state index in [1.807, 2.05) is 0 Å². The highest BCUT2D eigenvalue weighted by Gasteiger charge is 2.26. The minimum Gasteiger partial charge on any atom is -0.207 e. The van der Waals surface area contributed by atoms with E-state index in [-0.39, 0.29) is 5.92 Å². The molecule has 27 heavy (non-hydrogen) atoms. The minimum atomic E-state index is -0.469. The van der Waals surface area contributed by atoms with Crippen LogP contribution in [0.2, 0.25) is 0 Å². The number of rotatable bonds is 4. The van der Waals surface area contributed by atoms with Gasteiger partial charge in [-0.2, -0.15) is 0 Å². The van der Waals surface area contributed by atoms with Gasteiger partial charge >= 0.3 is 0 Å². The van der Waals surface area contributed by atoms with Gasteiger partial charge in [0.25, 0.3) is 0 Å². The van der Waals surface area contributed by atoms with Gasteiger partial charge in [0.2, 0.25) is 0 Å². The lowest BCUT2D eigenvalue weighted by Crippen LogP contribution is -2.20. The summed E-state index contributed by atoms with van der Waals surface area (Å²) in [6.45, 7) is 2.22. The minimum absolute atomic E-state index is 0.217. The summed E-state index contributed by atoms with van der Waals surface area (Å²) in [6.07, 6.45) is 13.6. The van der Waals surface area contributed by atoms with E-state index >= 15 is 0 Å². The number of allylic oxidation sites excluding steroid dienone is 2. The van der Waals surface area contributed by atoms with Crippen LogP contribution in [0.4, 0.5) is 8.78 Å². The van der Waals surface area contributed by atoms with Crippen LogP contribution in [0, 0.1) is 17.6 Å². The van der Waals surface area contributed by atoms with Crippen molar-refractivity contribution in [2.75, 3.05) is 0 Å². The van der Waals surface area contributed by atoms with Crippen molar-refractivity contribution < 1.29 is 8.78 Å². The van der Waals surface area contributed by atoms with E-state index in [9.17, 15) is 8.78 Å². The molecule has 2 unspecified atom stereocenters. The Bertz CT molecular complexity index is 829. The van der Waals surface area contributed by atoms with Gasteiger partial charge in [0.15, 0.2) is 0 Å². The molecule has 0 N–H and O–H groups in total. The molecular weight excluding hydrogens is 338 g/mol. The monoisotopic (exact) mass is 366 g/mol. The quantitative estimate of drug-likeness (QED) is 0.528. The third kappa shape index (κ3) is 4.00. The van der Waals surface area contributed by atoms with Crippen LogP contribution in [0.25, 0.3) is 0 Å². The Hall–Kier alpha value is -1.96. The summed E-state index contributed by atoms with van der Waals surface area (Å²) in [5, 5.41) is 0. The summed E-state index contributed by atoms with van der Waals surface area (Å²) in [5.74, 6) is -0.0467. The van der Waals surface area contributed by atoms with Crippen LogP contribution in [0.3, 0.4) is 0 Å². The van der Waals surface area contributed by atoms with Crippen molar-refractivity contribution in [3.63, 3.8) is 0 Å². The van der Waals surface area contributed by atoms with Crippen molar-refractivity contribution in [2.45, 2.75) is 64.2 Å². The SMILES string of the molecule is CCCC=CC1CCc2c(ccc3c2CCC(c2cc(F)cc(F)c2)C3)C1. The van der Waals surface area contributed by atoms with Gasteiger partial charge in [-0.15, -0.1) is 0 Å². The Labute approximate surface area is 161 Å². The summed E-state index contributed by atoms with van der Waals surface area (Å²) in [4.78, 5) is 0. The number of unbranched alkanes of at least 4 members (excludes halogenated alkanes) is 1. The maximum Gasteiger partial charge on any atom is 0.126 e. The van der Waals surface area contributed by atoms with Crippen LogP contribution in [-0.2, 0) is 25.7 Å². The molecule has 0 spiro atoms. The molecule has 0 radical (unpaired) electrons. The maximum atomic E-state index is 13.6. The summed E-state index contributed by atoms with van der Waals surface area (Å²) < 4.78 is 27.2. The number of hydrogen-bond acceptors (Lipinski definition) is 0. The highest BCUT2D eigenvalue weighted by atomic mass is 19.1. The van der Waals surface area contributed by atoms with Gasteiger partial charge in [0.05, 0.1) is 0 Å². The topological polar surface area (TPSA) is 0 Å². The van der Waals surface area contributed by atoms with Crippen LogP contribution < -0.4 is 0 Å². The second-order valence-corrected chi connectivity index (χ2v) is 8.20. The molecule has 2 aromatic carbocycles. The normalized spacial score (nSPS) is 21.9. The van der Waals surface area contributed by atoms with Crippen molar-refractivity contribution in [1.29, 1.82) is 0 Å². The fraction of sp³-hybridized carbons (Fsp3) is 0.440. The van der Waals surface area contributed by atoms with Crippen LogP contribution >= 0.6 is 0 Å². The lowest BCUT2D eigenvalue weighted by Gasteiger charge is -2.31. The van der Waals surface area contributed by atoms with Gasteiger partial charge < -0.3 is 0 Å². The molecule has 0 saturated carbocycles. The molecular formula is C25H28F2. The van der Waals surface area contributed by atoms with Gasteiger partial charge in [0.1, 0.15) is 11.6 Å². The zero-order valence-electron chi connectivity index (χ0n) is 16.1. The Morgan fingerprint density at radius 2 is 1.59 bits per heavy atom. The van der Waals surface area contributed by atoms with Crippen LogP contribution in [0.1, 0.15) is 66.3 Å². The fourth-order valence-electron chi connectivity index (χ4n) is 4.91. The van der Waals surface area contributed by atoms with Crippen molar-refractivity contribution >= 4 is 0 Å². The molecule has 0 fully saturated rings. The first-order valence-electron chi connectivity index (χ1n) is 10.4. The summed E-state index contributed by atoms with van der Waals surface area (Å²) in [5.41, 5.74) is 6.79. The lowest BCUT2D eigenvalue weighted by molar-refractivity contribution is 0.527. The van der Waals surface area contributed by atoms with E-state index in [0.29, 0.717) is 5.92 Å². The van der Waals surface area contributed by atoms with Gasteiger partial charge in [-0.1, -0.05) is 37.6 Å². The Balaban J connectivity index is 1.53. The Morgan fingerprint density at radius 1 is 0.926 bits per heavy atom. The third-order valence-corrected chi connectivity index (χ3v) is 6.30. The first-order valence-corrected chi connectivity index (χ1v) is 10.4. The van der Waals surface area contributed by atoms with Gasteiger partial charge in [-0.05, 0) is 96.7 Å². The Kier molecular flexibility index (Phi) is 5.43. The standard InChI is InChI=1S/C25H28F2/c1-2-3-4-5-17-6-10-24-19(12-17)7-8-20-13-18(9-11-25(20)24)21-14-22(26)16-23(27)15-21/h4-5,7-8,14-18H,2-3,6,9-13H2,1H3. The van der Waals surface area contributed by atoms with Crippen molar-refractivity contribution in [2.24, 2.45) is 5.92 Å². The van der Waals surface area contributed by atoms with E-state index in [2.05, 4.69) is 31.2 Å². The van der Waals surface area contributed by atoms with Crippen LogP contribution in [0.15, 0.2) is 42.5 Å². The number of halogens is 2. The molecule has 0 heterocycles. The largest absolute Gasteiger partial charge is 0.207 e. The third-order valence-electron chi connectivity index (χ3n) is 6.30. The van der Waals surface area contributed by atoms with Crippen molar-refractivity contribution in [1.82, 2.24) is 0 Å². The van der Waals surface area contributed by atoms with E-state index in [0.717, 1.165) is 37.3 Å². The molecule has 142 valence electrons. The number of hydrogen-bond donors (Lipinski definition) is 0. The van der Waals surface area contributed by atoms with Gasteiger partial charge in [-0.3, -0.25) is 0 Å². The van der Waals surface area contributed by atoms with Crippen LogP contribution in [0.5, 0.6) is 0 Å². The van der Waals surface area contributed by atoms with Crippen molar-refractivity contribution in [3.8, 4) is 0 Å². The van der Waals surface area contributed by atoms with E-state index in [1.165, 1.54) is 54.5 Å². The molecule has 0 saturated heterocycles. The number of benzene rings is 2. The smallest absolute Gasteiger partial charge is 0.126 e. The molecule has 2 aliphatic rings. The predicted molar refractivity (Wildman–Crippen MR) is 107 cm³/mol. The zero-order valence-corrected chi connectivity index (χ0v) is 16.1. The second kappa shape index (κ2) is 7.96. The van der Waals surface area contributed by atoms with Gasteiger partial charge in [-0.25, -0.2) is 8.78 Å². The van der Waals surface area contributed by atoms with E-state index in [1.54, 1.807) is 5.56 Å². The summed E-state index contributed by atoms with van der Waals surface area (Å²) in [7, 11) is 0. The zero-order chi connectivity index (χ0) is 18.8. The molecule has 2 heteroatoms. The molecule has 2 aromatic rings. The van der Waals surface area contributed by atoms with E-state index < -0.39 is 11.6 Å². The highest BCUT2D eigenvalue weighted by molar-refractivity contribution is 5.46. The first kappa shape index (κ1) is 18.4. The summed E-state index contributed by atoms with van der Waals surface area (Å²) in [6, 6.07) is 8.55. The molecule has 0 aromatic heterocycles. The average Bonchev–Trinajstić information content (AvgIpc) is 2.66. The molecule has 0 aliphatic heterocycles. The molecule has 2 atom stereocenters. The predicted octanol–water partition coefficient (Wildman–Crippen LogP) is 6.70. The fourth-order valence-corrected chi connectivity index (χ4v) is 4.91. The molecule has 0 bridgehead atoms. The molecule has 0 amide bonds. The molecule has 0 nitrogen and oxygen atoms in total. The van der Waals surface area contributed by atoms with Crippen molar-refractivity contribution in [3.05, 3.63) is 81.9 Å². The number of fused-ring (bicyclic) bond motifs is 3. The first-order chi connectivity index (χ1) is 13.1. The Morgan fingerprint density at radius 3 is 2.30 bits per heavy atom. The van der Waals surface area contributed by atoms with Gasteiger partial charge in [0, 0.05) is 6.07 Å². The molecule has 4 rings (SSSR count).